The van der Waals surface area contributed by atoms with E-state index in [0.29, 0.717) is 50.0 Å². The Morgan fingerprint density at radius 3 is 2.53 bits per heavy atom. The Bertz CT molecular complexity index is 1140. The molecule has 3 heterocycles. The van der Waals surface area contributed by atoms with E-state index in [1.165, 1.54) is 24.0 Å². The maximum Gasteiger partial charge on any atom is 0.257 e. The van der Waals surface area contributed by atoms with E-state index < -0.39 is 5.66 Å². The smallest absolute Gasteiger partial charge is 0.257 e. The normalized spacial score (nSPS) is 22.5. The molecule has 2 unspecified atom stereocenters. The van der Waals surface area contributed by atoms with Crippen molar-refractivity contribution in [1.82, 2.24) is 15.1 Å². The molecule has 190 valence electrons. The van der Waals surface area contributed by atoms with E-state index in [1.54, 1.807) is 15.9 Å². The average molecular weight is 489 g/mol. The summed E-state index contributed by atoms with van der Waals surface area (Å²) in [5.41, 5.74) is 3.05. The summed E-state index contributed by atoms with van der Waals surface area (Å²) in [5, 5.41) is 3.15. The maximum atomic E-state index is 13.4. The summed E-state index contributed by atoms with van der Waals surface area (Å²) in [5.74, 6) is -0.0159. The van der Waals surface area contributed by atoms with Crippen molar-refractivity contribution in [1.29, 1.82) is 0 Å². The van der Waals surface area contributed by atoms with Gasteiger partial charge in [-0.05, 0) is 70.3 Å². The molecule has 2 saturated heterocycles. The van der Waals surface area contributed by atoms with Crippen molar-refractivity contribution >= 4 is 23.4 Å². The number of anilines is 1. The summed E-state index contributed by atoms with van der Waals surface area (Å²) in [6, 6.07) is 16.1. The molecule has 2 fully saturated rings. The number of aryl methyl sites for hydroxylation is 1. The fraction of sp³-hybridized carbons (Fsp3) is 0.483. The lowest BCUT2D eigenvalue weighted by Crippen LogP contribution is -2.62. The zero-order valence-electron chi connectivity index (χ0n) is 21.3. The Kier molecular flexibility index (Phi) is 6.84. The van der Waals surface area contributed by atoms with E-state index in [-0.39, 0.29) is 23.8 Å². The SMILES string of the molecule is Cc1ccc(C(CNC(=O)CCCN2C(=O)c3ccccc3N3C(=O)CCC23C)N2CCCC2)cc1. The van der Waals surface area contributed by atoms with Crippen molar-refractivity contribution in [2.45, 2.75) is 64.1 Å². The fourth-order valence-corrected chi connectivity index (χ4v) is 6.04. The van der Waals surface area contributed by atoms with Crippen molar-refractivity contribution < 1.29 is 14.4 Å². The van der Waals surface area contributed by atoms with Crippen molar-refractivity contribution in [3.05, 3.63) is 65.2 Å². The molecular formula is C29H36N4O3. The number of hydrogen-bond acceptors (Lipinski definition) is 4. The number of amides is 3. The predicted octanol–water partition coefficient (Wildman–Crippen LogP) is 4.03. The first kappa shape index (κ1) is 24.5. The lowest BCUT2D eigenvalue weighted by molar-refractivity contribution is -0.121. The van der Waals surface area contributed by atoms with Crippen LogP contribution in [0.5, 0.6) is 0 Å². The van der Waals surface area contributed by atoms with Crippen LogP contribution in [0.3, 0.4) is 0 Å². The van der Waals surface area contributed by atoms with Gasteiger partial charge in [0.05, 0.1) is 17.3 Å². The Morgan fingerprint density at radius 1 is 1.06 bits per heavy atom. The standard InChI is InChI=1S/C29H36N4O3/c1-21-11-13-22(14-12-21)25(31-17-5-6-18-31)20-30-26(34)10-7-19-32-28(36)23-8-3-4-9-24(23)33-27(35)15-16-29(32,33)2/h3-4,8-9,11-14,25H,5-7,10,15-20H2,1-2H3,(H,30,34). The van der Waals surface area contributed by atoms with Gasteiger partial charge in [-0.2, -0.15) is 0 Å². The van der Waals surface area contributed by atoms with Crippen LogP contribution in [0.15, 0.2) is 48.5 Å². The molecule has 36 heavy (non-hydrogen) atoms. The first-order valence-electron chi connectivity index (χ1n) is 13.2. The number of para-hydroxylation sites is 1. The lowest BCUT2D eigenvalue weighted by Gasteiger charge is -2.48. The molecule has 0 aromatic heterocycles. The summed E-state index contributed by atoms with van der Waals surface area (Å²) < 4.78 is 0. The van der Waals surface area contributed by atoms with Crippen LogP contribution in [0.1, 0.15) is 73.0 Å². The molecule has 2 aromatic rings. The summed E-state index contributed by atoms with van der Waals surface area (Å²) in [6.45, 7) is 7.19. The molecule has 7 nitrogen and oxygen atoms in total. The van der Waals surface area contributed by atoms with E-state index in [4.69, 9.17) is 0 Å². The highest BCUT2D eigenvalue weighted by atomic mass is 16.2. The van der Waals surface area contributed by atoms with Gasteiger partial charge in [-0.1, -0.05) is 42.0 Å². The second-order valence-electron chi connectivity index (χ2n) is 10.5. The first-order valence-corrected chi connectivity index (χ1v) is 13.2. The van der Waals surface area contributed by atoms with Crippen LogP contribution < -0.4 is 10.2 Å². The molecule has 2 aromatic carbocycles. The largest absolute Gasteiger partial charge is 0.354 e. The number of hydrogen-bond donors (Lipinski definition) is 1. The van der Waals surface area contributed by atoms with Gasteiger partial charge in [0.25, 0.3) is 5.91 Å². The van der Waals surface area contributed by atoms with Gasteiger partial charge in [0.2, 0.25) is 11.8 Å². The van der Waals surface area contributed by atoms with Crippen LogP contribution in [0.25, 0.3) is 0 Å². The third kappa shape index (κ3) is 4.52. The van der Waals surface area contributed by atoms with E-state index >= 15 is 0 Å². The minimum atomic E-state index is -0.675. The van der Waals surface area contributed by atoms with Gasteiger partial charge in [0, 0.05) is 25.9 Å². The second kappa shape index (κ2) is 10.1. The molecule has 0 saturated carbocycles. The predicted molar refractivity (Wildman–Crippen MR) is 140 cm³/mol. The van der Waals surface area contributed by atoms with Crippen molar-refractivity contribution in [2.24, 2.45) is 0 Å². The number of fused-ring (bicyclic) bond motifs is 3. The third-order valence-corrected chi connectivity index (χ3v) is 8.07. The second-order valence-corrected chi connectivity index (χ2v) is 10.5. The molecule has 0 radical (unpaired) electrons. The van der Waals surface area contributed by atoms with E-state index in [9.17, 15) is 14.4 Å². The highest BCUT2D eigenvalue weighted by molar-refractivity contribution is 6.10. The molecule has 0 bridgehead atoms. The van der Waals surface area contributed by atoms with Gasteiger partial charge in [-0.3, -0.25) is 24.2 Å². The number of rotatable bonds is 8. The Morgan fingerprint density at radius 2 is 1.78 bits per heavy atom. The first-order chi connectivity index (χ1) is 17.4. The molecule has 2 atom stereocenters. The molecule has 1 N–H and O–H groups in total. The minimum absolute atomic E-state index is 0.000625. The molecule has 0 spiro atoms. The average Bonchev–Trinajstić information content (AvgIpc) is 3.51. The van der Waals surface area contributed by atoms with Crippen LogP contribution in [0.2, 0.25) is 0 Å². The van der Waals surface area contributed by atoms with Gasteiger partial charge in [0.1, 0.15) is 5.66 Å². The zero-order valence-corrected chi connectivity index (χ0v) is 21.3. The quantitative estimate of drug-likeness (QED) is 0.609. The highest BCUT2D eigenvalue weighted by Crippen LogP contribution is 2.44. The lowest BCUT2D eigenvalue weighted by atomic mass is 9.98. The topological polar surface area (TPSA) is 73.0 Å². The van der Waals surface area contributed by atoms with E-state index in [0.717, 1.165) is 13.1 Å². The monoisotopic (exact) mass is 488 g/mol. The number of carbonyl (C=O) groups excluding carboxylic acids is 3. The Labute approximate surface area is 213 Å². The van der Waals surface area contributed by atoms with Crippen molar-refractivity contribution in [3.63, 3.8) is 0 Å². The molecule has 7 heteroatoms. The number of nitrogens with one attached hydrogen (secondary N) is 1. The number of nitrogens with zero attached hydrogens (tertiary/aromatic N) is 3. The van der Waals surface area contributed by atoms with Gasteiger partial charge in [0.15, 0.2) is 0 Å². The third-order valence-electron chi connectivity index (χ3n) is 8.07. The zero-order chi connectivity index (χ0) is 25.3. The molecule has 0 aliphatic carbocycles. The Hall–Kier alpha value is -3.19. The summed E-state index contributed by atoms with van der Waals surface area (Å²) in [6.07, 6.45) is 4.31. The molecule has 5 rings (SSSR count). The van der Waals surface area contributed by atoms with Gasteiger partial charge in [-0.25, -0.2) is 0 Å². The number of likely N-dealkylation sites (tertiary alicyclic amines) is 1. The summed E-state index contributed by atoms with van der Waals surface area (Å²) >= 11 is 0. The molecule has 3 amide bonds. The number of carbonyl (C=O) groups is 3. The van der Waals surface area contributed by atoms with Crippen molar-refractivity contribution in [2.75, 3.05) is 31.1 Å². The van der Waals surface area contributed by atoms with Gasteiger partial charge >= 0.3 is 0 Å². The van der Waals surface area contributed by atoms with E-state index in [1.807, 2.05) is 25.1 Å². The van der Waals surface area contributed by atoms with Crippen LogP contribution in [0.4, 0.5) is 5.69 Å². The minimum Gasteiger partial charge on any atom is -0.354 e. The molecule has 3 aliphatic heterocycles. The number of benzene rings is 2. The fourth-order valence-electron chi connectivity index (χ4n) is 6.04. The highest BCUT2D eigenvalue weighted by Gasteiger charge is 2.52. The van der Waals surface area contributed by atoms with Crippen molar-refractivity contribution in [3.8, 4) is 0 Å². The summed E-state index contributed by atoms with van der Waals surface area (Å²) in [7, 11) is 0. The maximum absolute atomic E-state index is 13.4. The van der Waals surface area contributed by atoms with E-state index in [2.05, 4.69) is 41.4 Å². The van der Waals surface area contributed by atoms with Crippen LogP contribution in [0, 0.1) is 6.92 Å². The Balaban J connectivity index is 1.21. The summed E-state index contributed by atoms with van der Waals surface area (Å²) in [4.78, 5) is 45.0. The van der Waals surface area contributed by atoms with Crippen LogP contribution >= 0.6 is 0 Å². The molecular weight excluding hydrogens is 452 g/mol. The van der Waals surface area contributed by atoms with Crippen LogP contribution in [-0.4, -0.2) is 59.4 Å². The van der Waals surface area contributed by atoms with Crippen LogP contribution in [-0.2, 0) is 9.59 Å². The van der Waals surface area contributed by atoms with Gasteiger partial charge in [-0.15, -0.1) is 0 Å². The molecule has 3 aliphatic rings. The van der Waals surface area contributed by atoms with Gasteiger partial charge < -0.3 is 10.2 Å².